The lowest BCUT2D eigenvalue weighted by atomic mass is 10.2. The van der Waals surface area contributed by atoms with E-state index in [0.717, 1.165) is 11.3 Å². The number of hydrogen-bond acceptors (Lipinski definition) is 5. The second-order valence-corrected chi connectivity index (χ2v) is 10.1. The van der Waals surface area contributed by atoms with Gasteiger partial charge in [0.05, 0.1) is 10.9 Å². The molecule has 1 aromatic heterocycles. The monoisotopic (exact) mass is 446 g/mol. The van der Waals surface area contributed by atoms with Crippen LogP contribution >= 0.6 is 22.9 Å². The van der Waals surface area contributed by atoms with E-state index in [9.17, 15) is 17.6 Å². The van der Waals surface area contributed by atoms with Gasteiger partial charge in [-0.1, -0.05) is 17.7 Å². The van der Waals surface area contributed by atoms with Gasteiger partial charge >= 0.3 is 0 Å². The molecular formula is C18H20ClFN2O4S2. The van der Waals surface area contributed by atoms with Gasteiger partial charge in [0.1, 0.15) is 15.8 Å². The van der Waals surface area contributed by atoms with E-state index in [1.54, 1.807) is 23.1 Å². The first-order valence-corrected chi connectivity index (χ1v) is 11.4. The van der Waals surface area contributed by atoms with Crippen LogP contribution in [-0.2, 0) is 14.8 Å². The summed E-state index contributed by atoms with van der Waals surface area (Å²) in [6.45, 7) is 1.51. The first-order valence-electron chi connectivity index (χ1n) is 8.78. The highest BCUT2D eigenvalue weighted by Crippen LogP contribution is 2.28. The van der Waals surface area contributed by atoms with Gasteiger partial charge in [0.15, 0.2) is 0 Å². The van der Waals surface area contributed by atoms with E-state index < -0.39 is 10.0 Å². The third-order valence-corrected chi connectivity index (χ3v) is 7.93. The van der Waals surface area contributed by atoms with Crippen LogP contribution in [0.25, 0.3) is 0 Å². The number of sulfonamides is 1. The number of piperazine rings is 1. The smallest absolute Gasteiger partial charge is 0.252 e. The molecule has 1 aromatic carbocycles. The number of benzene rings is 1. The molecule has 0 saturated carbocycles. The van der Waals surface area contributed by atoms with Crippen molar-refractivity contribution in [2.75, 3.05) is 32.8 Å². The van der Waals surface area contributed by atoms with E-state index in [1.807, 2.05) is 0 Å². The summed E-state index contributed by atoms with van der Waals surface area (Å²) in [6.07, 6.45) is 0.796. The summed E-state index contributed by atoms with van der Waals surface area (Å²) >= 11 is 6.86. The second kappa shape index (κ2) is 9.21. The Hall–Kier alpha value is -1.68. The SMILES string of the molecule is O=C(CCCOc1cccc(F)c1)N1CCN(S(=O)(=O)c2ccc(Cl)s2)CC1. The van der Waals surface area contributed by atoms with Crippen molar-refractivity contribution in [1.82, 2.24) is 9.21 Å². The van der Waals surface area contributed by atoms with E-state index in [2.05, 4.69) is 0 Å². The molecule has 0 atom stereocenters. The van der Waals surface area contributed by atoms with Gasteiger partial charge in [-0.15, -0.1) is 11.3 Å². The summed E-state index contributed by atoms with van der Waals surface area (Å²) in [4.78, 5) is 14.0. The summed E-state index contributed by atoms with van der Waals surface area (Å²) in [5, 5.41) is 0. The number of nitrogens with zero attached hydrogens (tertiary/aromatic N) is 2. The summed E-state index contributed by atoms with van der Waals surface area (Å²) in [7, 11) is -3.57. The number of ether oxygens (including phenoxy) is 1. The standard InChI is InChI=1S/C18H20ClFN2O4S2/c19-16-6-7-18(27-16)28(24,25)22-10-8-21(9-11-22)17(23)5-2-12-26-15-4-1-3-14(20)13-15/h1,3-4,6-7,13H,2,5,8-12H2. The molecular weight excluding hydrogens is 427 g/mol. The lowest BCUT2D eigenvalue weighted by Gasteiger charge is -2.33. The Balaban J connectivity index is 1.42. The molecule has 28 heavy (non-hydrogen) atoms. The third kappa shape index (κ3) is 5.22. The zero-order valence-electron chi connectivity index (χ0n) is 15.0. The van der Waals surface area contributed by atoms with Crippen molar-refractivity contribution in [3.8, 4) is 5.75 Å². The van der Waals surface area contributed by atoms with Crippen LogP contribution in [0.1, 0.15) is 12.8 Å². The minimum absolute atomic E-state index is 0.0425. The molecule has 2 heterocycles. The fourth-order valence-corrected chi connectivity index (χ4v) is 5.93. The van der Waals surface area contributed by atoms with Gasteiger partial charge in [-0.05, 0) is 30.7 Å². The van der Waals surface area contributed by atoms with Crippen LogP contribution in [0.3, 0.4) is 0 Å². The average Bonchev–Trinajstić information content (AvgIpc) is 3.12. The Labute approximate surface area is 172 Å². The largest absolute Gasteiger partial charge is 0.493 e. The molecule has 0 spiro atoms. The predicted molar refractivity (Wildman–Crippen MR) is 106 cm³/mol. The number of hydrogen-bond donors (Lipinski definition) is 0. The van der Waals surface area contributed by atoms with Crippen LogP contribution in [0.5, 0.6) is 5.75 Å². The summed E-state index contributed by atoms with van der Waals surface area (Å²) in [5.74, 6) is 0.0187. The number of amides is 1. The summed E-state index contributed by atoms with van der Waals surface area (Å²) in [6, 6.07) is 8.91. The average molecular weight is 447 g/mol. The van der Waals surface area contributed by atoms with Crippen LogP contribution in [0.4, 0.5) is 4.39 Å². The first-order chi connectivity index (χ1) is 13.4. The van der Waals surface area contributed by atoms with Crippen LogP contribution < -0.4 is 4.74 Å². The molecule has 1 amide bonds. The molecule has 152 valence electrons. The Bertz CT molecular complexity index is 927. The summed E-state index contributed by atoms with van der Waals surface area (Å²) < 4.78 is 45.7. The molecule has 0 radical (unpaired) electrons. The third-order valence-electron chi connectivity index (χ3n) is 4.33. The van der Waals surface area contributed by atoms with Gasteiger partial charge < -0.3 is 9.64 Å². The topological polar surface area (TPSA) is 66.9 Å². The normalized spacial score (nSPS) is 15.6. The van der Waals surface area contributed by atoms with Crippen molar-refractivity contribution in [2.24, 2.45) is 0 Å². The van der Waals surface area contributed by atoms with Crippen molar-refractivity contribution in [3.63, 3.8) is 0 Å². The van der Waals surface area contributed by atoms with Gasteiger partial charge in [0.25, 0.3) is 10.0 Å². The van der Waals surface area contributed by atoms with E-state index in [1.165, 1.54) is 22.5 Å². The highest BCUT2D eigenvalue weighted by atomic mass is 35.5. The number of carbonyl (C=O) groups is 1. The van der Waals surface area contributed by atoms with Gasteiger partial charge in [-0.25, -0.2) is 12.8 Å². The minimum Gasteiger partial charge on any atom is -0.493 e. The summed E-state index contributed by atoms with van der Waals surface area (Å²) in [5.41, 5.74) is 0. The number of carbonyl (C=O) groups excluding carboxylic acids is 1. The van der Waals surface area contributed by atoms with Gasteiger partial charge in [0, 0.05) is 38.7 Å². The molecule has 6 nitrogen and oxygen atoms in total. The molecule has 1 aliphatic rings. The van der Waals surface area contributed by atoms with Gasteiger partial charge in [-0.2, -0.15) is 4.31 Å². The molecule has 2 aromatic rings. The predicted octanol–water partition coefficient (Wildman–Crippen LogP) is 3.23. The molecule has 3 rings (SSSR count). The van der Waals surface area contributed by atoms with E-state index in [-0.39, 0.29) is 29.0 Å². The van der Waals surface area contributed by atoms with Crippen molar-refractivity contribution in [3.05, 3.63) is 46.6 Å². The van der Waals surface area contributed by atoms with Crippen molar-refractivity contribution in [2.45, 2.75) is 17.1 Å². The molecule has 1 fully saturated rings. The maximum atomic E-state index is 13.1. The number of halogens is 2. The first kappa shape index (κ1) is 21.0. The number of thiophene rings is 1. The zero-order valence-corrected chi connectivity index (χ0v) is 17.4. The lowest BCUT2D eigenvalue weighted by Crippen LogP contribution is -2.50. The molecule has 0 bridgehead atoms. The quantitative estimate of drug-likeness (QED) is 0.612. The van der Waals surface area contributed by atoms with E-state index in [0.29, 0.717) is 42.6 Å². The highest BCUT2D eigenvalue weighted by Gasteiger charge is 2.30. The minimum atomic E-state index is -3.57. The van der Waals surface area contributed by atoms with E-state index >= 15 is 0 Å². The van der Waals surface area contributed by atoms with Crippen molar-refractivity contribution >= 4 is 38.9 Å². The van der Waals surface area contributed by atoms with Crippen molar-refractivity contribution < 1.29 is 22.3 Å². The fraction of sp³-hybridized carbons (Fsp3) is 0.389. The van der Waals surface area contributed by atoms with Crippen LogP contribution in [0, 0.1) is 5.82 Å². The fourth-order valence-electron chi connectivity index (χ4n) is 2.87. The second-order valence-electron chi connectivity index (χ2n) is 6.25. The Morgan fingerprint density at radius 3 is 2.57 bits per heavy atom. The molecule has 1 aliphatic heterocycles. The van der Waals surface area contributed by atoms with Crippen LogP contribution in [0.15, 0.2) is 40.6 Å². The van der Waals surface area contributed by atoms with Crippen molar-refractivity contribution in [1.29, 1.82) is 0 Å². The Morgan fingerprint density at radius 1 is 1.18 bits per heavy atom. The highest BCUT2D eigenvalue weighted by molar-refractivity contribution is 7.91. The maximum Gasteiger partial charge on any atom is 0.252 e. The lowest BCUT2D eigenvalue weighted by molar-refractivity contribution is -0.132. The van der Waals surface area contributed by atoms with E-state index in [4.69, 9.17) is 16.3 Å². The molecule has 10 heteroatoms. The molecule has 0 N–H and O–H groups in total. The van der Waals surface area contributed by atoms with Crippen LogP contribution in [-0.4, -0.2) is 56.3 Å². The molecule has 1 saturated heterocycles. The van der Waals surface area contributed by atoms with Gasteiger partial charge in [0.2, 0.25) is 5.91 Å². The zero-order chi connectivity index (χ0) is 20.1. The number of rotatable bonds is 7. The Kier molecular flexibility index (Phi) is 6.92. The van der Waals surface area contributed by atoms with Crippen LogP contribution in [0.2, 0.25) is 4.34 Å². The Morgan fingerprint density at radius 2 is 1.93 bits per heavy atom. The van der Waals surface area contributed by atoms with Gasteiger partial charge in [-0.3, -0.25) is 4.79 Å². The molecule has 0 aliphatic carbocycles. The maximum absolute atomic E-state index is 13.1. The molecule has 0 unspecified atom stereocenters.